The molecule has 3 fully saturated rings. The van der Waals surface area contributed by atoms with E-state index in [2.05, 4.69) is 17.6 Å². The molecule has 2 amide bonds. The zero-order chi connectivity index (χ0) is 28.7. The minimum absolute atomic E-state index is 0.0254. The van der Waals surface area contributed by atoms with Crippen LogP contribution in [0.1, 0.15) is 131 Å². The van der Waals surface area contributed by atoms with Crippen molar-refractivity contribution in [2.24, 2.45) is 16.7 Å². The molecule has 2 aliphatic carbocycles. The van der Waals surface area contributed by atoms with Crippen LogP contribution < -0.4 is 10.6 Å². The smallest absolute Gasteiger partial charge is 0.310 e. The summed E-state index contributed by atoms with van der Waals surface area (Å²) in [7, 11) is 0. The number of ether oxygens (including phenoxy) is 2. The summed E-state index contributed by atoms with van der Waals surface area (Å²) in [5.74, 6) is -3.10. The zero-order valence-corrected chi connectivity index (χ0v) is 25.2. The molecular formula is C31H54N2O6. The van der Waals surface area contributed by atoms with Gasteiger partial charge in [0.25, 0.3) is 0 Å². The molecule has 0 spiro atoms. The summed E-state index contributed by atoms with van der Waals surface area (Å²) in [5.41, 5.74) is -1.78. The van der Waals surface area contributed by atoms with Gasteiger partial charge < -0.3 is 25.2 Å². The van der Waals surface area contributed by atoms with Crippen LogP contribution in [-0.4, -0.2) is 53.5 Å². The molecule has 0 aromatic rings. The summed E-state index contributed by atoms with van der Waals surface area (Å²) in [6.45, 7) is 9.90. The molecule has 8 heteroatoms. The quantitative estimate of drug-likeness (QED) is 0.238. The highest BCUT2D eigenvalue weighted by atomic mass is 16.7. The molecule has 1 heterocycles. The van der Waals surface area contributed by atoms with E-state index in [1.54, 1.807) is 13.8 Å². The fraction of sp³-hybridized carbons (Fsp3) is 0.903. The fourth-order valence-corrected chi connectivity index (χ4v) is 6.68. The number of hydrogen-bond acceptors (Lipinski definition) is 5. The Morgan fingerprint density at radius 2 is 1.54 bits per heavy atom. The van der Waals surface area contributed by atoms with Crippen LogP contribution in [0.2, 0.25) is 0 Å². The average molecular weight is 551 g/mol. The van der Waals surface area contributed by atoms with Gasteiger partial charge in [0, 0.05) is 17.4 Å². The molecule has 0 aromatic heterocycles. The minimum atomic E-state index is -0.983. The first-order chi connectivity index (χ1) is 18.4. The second-order valence-electron chi connectivity index (χ2n) is 13.6. The standard InChI is InChI=1S/C31H54N2O6/c1-6-7-8-9-10-12-16-30(17-15-18-30)27(37)33-31(19-13-11-14-20-31)23(26(35)36)21-32-25(34)24-28(2,3)22-38-29(4,5)39-24/h23-24H,6-22H2,1-5H3,(H,32,34)(H,33,37)(H,35,36). The molecule has 8 nitrogen and oxygen atoms in total. The summed E-state index contributed by atoms with van der Waals surface area (Å²) in [4.78, 5) is 39.8. The Morgan fingerprint density at radius 1 is 0.897 bits per heavy atom. The first-order valence-corrected chi connectivity index (χ1v) is 15.5. The lowest BCUT2D eigenvalue weighted by atomic mass is 9.64. The molecule has 0 bridgehead atoms. The Labute approximate surface area is 235 Å². The van der Waals surface area contributed by atoms with Crippen molar-refractivity contribution in [3.8, 4) is 0 Å². The van der Waals surface area contributed by atoms with Crippen LogP contribution in [0.15, 0.2) is 0 Å². The van der Waals surface area contributed by atoms with Crippen LogP contribution in [0.3, 0.4) is 0 Å². The fourth-order valence-electron chi connectivity index (χ4n) is 6.68. The van der Waals surface area contributed by atoms with Crippen LogP contribution >= 0.6 is 0 Å². The normalized spacial score (nSPS) is 25.6. The second-order valence-corrected chi connectivity index (χ2v) is 13.6. The average Bonchev–Trinajstić information content (AvgIpc) is 2.84. The van der Waals surface area contributed by atoms with Crippen molar-refractivity contribution in [3.63, 3.8) is 0 Å². The third-order valence-corrected chi connectivity index (χ3v) is 9.50. The first kappa shape index (κ1) is 31.9. The van der Waals surface area contributed by atoms with Crippen LogP contribution in [0.5, 0.6) is 0 Å². The largest absolute Gasteiger partial charge is 0.481 e. The van der Waals surface area contributed by atoms with Gasteiger partial charge in [-0.1, -0.05) is 85.0 Å². The molecule has 39 heavy (non-hydrogen) atoms. The highest BCUT2D eigenvalue weighted by molar-refractivity contribution is 5.86. The molecular weight excluding hydrogens is 496 g/mol. The Balaban J connectivity index is 1.69. The van der Waals surface area contributed by atoms with Gasteiger partial charge in [-0.2, -0.15) is 0 Å². The predicted octanol–water partition coefficient (Wildman–Crippen LogP) is 5.72. The number of aliphatic carboxylic acids is 1. The lowest BCUT2D eigenvalue weighted by Crippen LogP contribution is -2.64. The van der Waals surface area contributed by atoms with E-state index in [0.29, 0.717) is 19.4 Å². The van der Waals surface area contributed by atoms with Crippen molar-refractivity contribution >= 4 is 17.8 Å². The molecule has 3 aliphatic rings. The van der Waals surface area contributed by atoms with E-state index < -0.39 is 34.7 Å². The summed E-state index contributed by atoms with van der Waals surface area (Å²) in [6.07, 6.45) is 14.0. The van der Waals surface area contributed by atoms with E-state index in [0.717, 1.165) is 57.8 Å². The van der Waals surface area contributed by atoms with Crippen molar-refractivity contribution in [2.45, 2.75) is 148 Å². The molecule has 1 aliphatic heterocycles. The summed E-state index contributed by atoms with van der Waals surface area (Å²) >= 11 is 0. The van der Waals surface area contributed by atoms with Crippen LogP contribution in [0, 0.1) is 16.7 Å². The zero-order valence-electron chi connectivity index (χ0n) is 25.2. The summed E-state index contributed by atoms with van der Waals surface area (Å²) in [6, 6.07) is 0. The van der Waals surface area contributed by atoms with E-state index in [1.165, 1.54) is 25.7 Å². The van der Waals surface area contributed by atoms with Crippen molar-refractivity contribution in [1.82, 2.24) is 10.6 Å². The number of hydrogen-bond donors (Lipinski definition) is 3. The number of amides is 2. The van der Waals surface area contributed by atoms with E-state index in [9.17, 15) is 19.5 Å². The van der Waals surface area contributed by atoms with E-state index in [4.69, 9.17) is 9.47 Å². The van der Waals surface area contributed by atoms with Gasteiger partial charge >= 0.3 is 5.97 Å². The lowest BCUT2D eigenvalue weighted by molar-refractivity contribution is -0.304. The van der Waals surface area contributed by atoms with Crippen molar-refractivity contribution < 1.29 is 29.0 Å². The molecule has 224 valence electrons. The highest BCUT2D eigenvalue weighted by Gasteiger charge is 2.51. The topological polar surface area (TPSA) is 114 Å². The number of unbranched alkanes of at least 4 members (excludes halogenated alkanes) is 5. The molecule has 1 saturated heterocycles. The summed E-state index contributed by atoms with van der Waals surface area (Å²) < 4.78 is 11.7. The number of nitrogens with one attached hydrogen (secondary N) is 2. The van der Waals surface area contributed by atoms with Crippen LogP contribution in [0.25, 0.3) is 0 Å². The molecule has 0 radical (unpaired) electrons. The summed E-state index contributed by atoms with van der Waals surface area (Å²) in [5, 5.41) is 16.6. The second kappa shape index (κ2) is 13.3. The molecule has 0 aromatic carbocycles. The van der Waals surface area contributed by atoms with Gasteiger partial charge in [-0.05, 0) is 46.0 Å². The molecule has 3 rings (SSSR count). The van der Waals surface area contributed by atoms with Gasteiger partial charge in [0.2, 0.25) is 11.8 Å². The minimum Gasteiger partial charge on any atom is -0.481 e. The molecule has 2 unspecified atom stereocenters. The Kier molecular flexibility index (Phi) is 10.9. The number of carbonyl (C=O) groups is 3. The number of rotatable bonds is 14. The maximum atomic E-state index is 13.8. The van der Waals surface area contributed by atoms with Gasteiger partial charge in [0.1, 0.15) is 6.10 Å². The SMILES string of the molecule is CCCCCCCCC1(C(=O)NC2(C(CNC(=O)C3OC(C)(C)OCC3(C)C)C(=O)O)CCCCC2)CCC1. The number of carboxylic acids is 1. The third-order valence-electron chi connectivity index (χ3n) is 9.50. The Hall–Kier alpha value is -1.67. The van der Waals surface area contributed by atoms with Crippen molar-refractivity contribution in [2.75, 3.05) is 13.2 Å². The monoisotopic (exact) mass is 550 g/mol. The lowest BCUT2D eigenvalue weighted by Gasteiger charge is -2.48. The number of carboxylic acid groups (broad SMARTS) is 1. The van der Waals surface area contributed by atoms with Gasteiger partial charge in [-0.15, -0.1) is 0 Å². The number of carbonyl (C=O) groups excluding carboxylic acids is 2. The Morgan fingerprint density at radius 3 is 2.13 bits per heavy atom. The van der Waals surface area contributed by atoms with Crippen molar-refractivity contribution in [1.29, 1.82) is 0 Å². The first-order valence-electron chi connectivity index (χ1n) is 15.5. The maximum absolute atomic E-state index is 13.8. The molecule has 3 N–H and O–H groups in total. The van der Waals surface area contributed by atoms with Gasteiger partial charge in [0.15, 0.2) is 5.79 Å². The molecule has 2 atom stereocenters. The van der Waals surface area contributed by atoms with Gasteiger partial charge in [0.05, 0.1) is 18.1 Å². The highest BCUT2D eigenvalue weighted by Crippen LogP contribution is 2.47. The Bertz CT molecular complexity index is 844. The van der Waals surface area contributed by atoms with Gasteiger partial charge in [-0.25, -0.2) is 0 Å². The maximum Gasteiger partial charge on any atom is 0.310 e. The van der Waals surface area contributed by atoms with E-state index >= 15 is 0 Å². The third kappa shape index (κ3) is 7.96. The predicted molar refractivity (Wildman–Crippen MR) is 151 cm³/mol. The van der Waals surface area contributed by atoms with E-state index in [1.807, 2.05) is 13.8 Å². The van der Waals surface area contributed by atoms with Crippen molar-refractivity contribution in [3.05, 3.63) is 0 Å². The van der Waals surface area contributed by atoms with Crippen LogP contribution in [-0.2, 0) is 23.9 Å². The van der Waals surface area contributed by atoms with Gasteiger partial charge in [-0.3, -0.25) is 14.4 Å². The molecule has 2 saturated carbocycles. The van der Waals surface area contributed by atoms with E-state index in [-0.39, 0.29) is 23.8 Å². The van der Waals surface area contributed by atoms with Crippen LogP contribution in [0.4, 0.5) is 0 Å².